The van der Waals surface area contributed by atoms with Gasteiger partial charge in [-0.3, -0.25) is 9.59 Å². The van der Waals surface area contributed by atoms with Gasteiger partial charge in [-0.25, -0.2) is 4.39 Å². The second kappa shape index (κ2) is 10.3. The number of fused-ring (bicyclic) bond motifs is 3. The first-order valence-electron chi connectivity index (χ1n) is 10.4. The monoisotopic (exact) mass is 463 g/mol. The molecule has 0 aliphatic carbocycles. The Morgan fingerprint density at radius 3 is 2.59 bits per heavy atom. The van der Waals surface area contributed by atoms with Crippen molar-refractivity contribution in [3.8, 4) is 11.5 Å². The molecule has 2 N–H and O–H groups in total. The third kappa shape index (κ3) is 5.03. The summed E-state index contributed by atoms with van der Waals surface area (Å²) >= 11 is 0. The SMILES string of the molecule is CN1C(=O)[C@H]2COC[C@@H]1CN(C(=O)c1cc(Oc3ccc(CCN)cc3)ccc1F)C2.Cl. The molecule has 172 valence electrons. The van der Waals surface area contributed by atoms with Crippen LogP contribution in [0.4, 0.5) is 4.39 Å². The van der Waals surface area contributed by atoms with Crippen molar-refractivity contribution >= 4 is 24.2 Å². The Balaban J connectivity index is 0.00000289. The lowest BCUT2D eigenvalue weighted by Crippen LogP contribution is -2.45. The molecule has 0 radical (unpaired) electrons. The number of benzene rings is 2. The van der Waals surface area contributed by atoms with E-state index in [2.05, 4.69) is 0 Å². The van der Waals surface area contributed by atoms with E-state index in [1.807, 2.05) is 24.3 Å². The zero-order valence-electron chi connectivity index (χ0n) is 17.8. The highest BCUT2D eigenvalue weighted by molar-refractivity contribution is 5.95. The molecule has 2 atom stereocenters. The van der Waals surface area contributed by atoms with Crippen LogP contribution in [-0.2, 0) is 16.0 Å². The number of ether oxygens (including phenoxy) is 2. The number of hydrogen-bond donors (Lipinski definition) is 1. The molecule has 2 bridgehead atoms. The van der Waals surface area contributed by atoms with E-state index in [0.29, 0.717) is 31.2 Å². The number of nitrogens with two attached hydrogens (primary N) is 1. The van der Waals surface area contributed by atoms with Gasteiger partial charge >= 0.3 is 0 Å². The number of hydrogen-bond acceptors (Lipinski definition) is 5. The maximum Gasteiger partial charge on any atom is 0.257 e. The fourth-order valence-corrected chi connectivity index (χ4v) is 3.99. The Labute approximate surface area is 192 Å². The van der Waals surface area contributed by atoms with Crippen LogP contribution in [0.2, 0.25) is 0 Å². The van der Waals surface area contributed by atoms with E-state index in [1.54, 1.807) is 16.8 Å². The minimum absolute atomic E-state index is 0. The van der Waals surface area contributed by atoms with Crippen molar-refractivity contribution in [3.63, 3.8) is 0 Å². The fraction of sp³-hybridized carbons (Fsp3) is 0.391. The maximum atomic E-state index is 14.6. The Morgan fingerprint density at radius 1 is 1.16 bits per heavy atom. The minimum atomic E-state index is -0.624. The zero-order valence-corrected chi connectivity index (χ0v) is 18.6. The summed E-state index contributed by atoms with van der Waals surface area (Å²) in [5.74, 6) is -0.631. The first kappa shape index (κ1) is 24.0. The van der Waals surface area contributed by atoms with Gasteiger partial charge in [-0.1, -0.05) is 12.1 Å². The van der Waals surface area contributed by atoms with E-state index in [1.165, 1.54) is 18.2 Å². The summed E-state index contributed by atoms with van der Waals surface area (Å²) in [4.78, 5) is 28.9. The van der Waals surface area contributed by atoms with Crippen LogP contribution in [0, 0.1) is 11.7 Å². The molecule has 2 heterocycles. The molecule has 7 nitrogen and oxygen atoms in total. The molecule has 2 aliphatic rings. The molecule has 0 unspecified atom stereocenters. The fourth-order valence-electron chi connectivity index (χ4n) is 3.99. The highest BCUT2D eigenvalue weighted by atomic mass is 35.5. The van der Waals surface area contributed by atoms with E-state index in [4.69, 9.17) is 15.2 Å². The number of carbonyl (C=O) groups excluding carboxylic acids is 2. The van der Waals surface area contributed by atoms with Crippen molar-refractivity contribution in [2.75, 3.05) is 39.9 Å². The Morgan fingerprint density at radius 2 is 1.88 bits per heavy atom. The predicted molar refractivity (Wildman–Crippen MR) is 120 cm³/mol. The minimum Gasteiger partial charge on any atom is -0.457 e. The average molecular weight is 464 g/mol. The average Bonchev–Trinajstić information content (AvgIpc) is 2.95. The van der Waals surface area contributed by atoms with Crippen LogP contribution in [0.3, 0.4) is 0 Å². The third-order valence-electron chi connectivity index (χ3n) is 5.79. The topological polar surface area (TPSA) is 85.1 Å². The third-order valence-corrected chi connectivity index (χ3v) is 5.79. The summed E-state index contributed by atoms with van der Waals surface area (Å²) in [6.07, 6.45) is 0.774. The first-order valence-corrected chi connectivity index (χ1v) is 10.4. The molecule has 2 fully saturated rings. The Bertz CT molecular complexity index is 972. The number of carbonyl (C=O) groups is 2. The quantitative estimate of drug-likeness (QED) is 0.736. The molecule has 0 saturated carbocycles. The lowest BCUT2D eigenvalue weighted by molar-refractivity contribution is -0.133. The molecule has 4 rings (SSSR count). The van der Waals surface area contributed by atoms with Crippen molar-refractivity contribution in [2.24, 2.45) is 11.7 Å². The van der Waals surface area contributed by atoms with E-state index >= 15 is 0 Å². The van der Waals surface area contributed by atoms with Gasteiger partial charge < -0.3 is 25.0 Å². The molecule has 0 spiro atoms. The van der Waals surface area contributed by atoms with Gasteiger partial charge in [0.25, 0.3) is 5.91 Å². The second-order valence-corrected chi connectivity index (χ2v) is 7.97. The van der Waals surface area contributed by atoms with E-state index in [0.717, 1.165) is 12.0 Å². The molecule has 2 saturated heterocycles. The molecular formula is C23H27ClFN3O4. The molecule has 2 aliphatic heterocycles. The largest absolute Gasteiger partial charge is 0.457 e. The van der Waals surface area contributed by atoms with E-state index < -0.39 is 17.6 Å². The number of rotatable bonds is 5. The smallest absolute Gasteiger partial charge is 0.257 e. The van der Waals surface area contributed by atoms with Gasteiger partial charge in [0.1, 0.15) is 17.3 Å². The van der Waals surface area contributed by atoms with Crippen LogP contribution in [0.1, 0.15) is 15.9 Å². The summed E-state index contributed by atoms with van der Waals surface area (Å²) in [5, 5.41) is 0. The van der Waals surface area contributed by atoms with Crippen molar-refractivity contribution < 1.29 is 23.5 Å². The first-order chi connectivity index (χ1) is 15.0. The summed E-state index contributed by atoms with van der Waals surface area (Å²) < 4.78 is 26.0. The van der Waals surface area contributed by atoms with Gasteiger partial charge in [-0.05, 0) is 48.9 Å². The summed E-state index contributed by atoms with van der Waals surface area (Å²) in [6, 6.07) is 11.3. The van der Waals surface area contributed by atoms with Gasteiger partial charge in [0.15, 0.2) is 0 Å². The predicted octanol–water partition coefficient (Wildman–Crippen LogP) is 2.47. The van der Waals surface area contributed by atoms with Crippen molar-refractivity contribution in [3.05, 3.63) is 59.4 Å². The molecule has 2 aromatic rings. The van der Waals surface area contributed by atoms with Crippen LogP contribution in [0.5, 0.6) is 11.5 Å². The van der Waals surface area contributed by atoms with Crippen LogP contribution in [0.25, 0.3) is 0 Å². The normalized spacial score (nSPS) is 20.4. The summed E-state index contributed by atoms with van der Waals surface area (Å²) in [6.45, 7) is 1.68. The standard InChI is InChI=1S/C23H26FN3O4.ClH/c1-26-17-12-27(11-16(22(26)28)13-30-14-17)23(29)20-10-19(6-7-21(20)24)31-18-4-2-15(3-5-18)8-9-25;/h2-7,10,16-17H,8-9,11-14,25H2,1H3;1H/t16-,17+;/m1./s1. The van der Waals surface area contributed by atoms with Crippen LogP contribution in [-0.4, -0.2) is 67.6 Å². The zero-order chi connectivity index (χ0) is 22.0. The lowest BCUT2D eigenvalue weighted by atomic mass is 10.1. The van der Waals surface area contributed by atoms with Crippen molar-refractivity contribution in [1.82, 2.24) is 9.80 Å². The second-order valence-electron chi connectivity index (χ2n) is 7.97. The number of amides is 2. The Hall–Kier alpha value is -2.68. The number of likely N-dealkylation sites (N-methyl/N-ethyl adjacent to an activating group) is 1. The molecular weight excluding hydrogens is 437 g/mol. The van der Waals surface area contributed by atoms with Gasteiger partial charge in [-0.2, -0.15) is 0 Å². The van der Waals surface area contributed by atoms with Crippen LogP contribution in [0.15, 0.2) is 42.5 Å². The van der Waals surface area contributed by atoms with Gasteiger partial charge in [0.2, 0.25) is 5.91 Å². The molecule has 2 amide bonds. The van der Waals surface area contributed by atoms with Gasteiger partial charge in [-0.15, -0.1) is 12.4 Å². The Kier molecular flexibility index (Phi) is 7.71. The van der Waals surface area contributed by atoms with Gasteiger partial charge in [0, 0.05) is 20.1 Å². The number of halogens is 2. The van der Waals surface area contributed by atoms with Crippen molar-refractivity contribution in [2.45, 2.75) is 12.5 Å². The van der Waals surface area contributed by atoms with E-state index in [9.17, 15) is 14.0 Å². The van der Waals surface area contributed by atoms with Crippen molar-refractivity contribution in [1.29, 1.82) is 0 Å². The van der Waals surface area contributed by atoms with Crippen LogP contribution < -0.4 is 10.5 Å². The molecule has 2 aromatic carbocycles. The summed E-state index contributed by atoms with van der Waals surface area (Å²) in [5.41, 5.74) is 6.59. The lowest BCUT2D eigenvalue weighted by Gasteiger charge is -2.29. The molecule has 32 heavy (non-hydrogen) atoms. The van der Waals surface area contributed by atoms with Gasteiger partial charge in [0.05, 0.1) is 30.7 Å². The van der Waals surface area contributed by atoms with E-state index in [-0.39, 0.29) is 43.1 Å². The molecule has 0 aromatic heterocycles. The molecule has 9 heteroatoms. The highest BCUT2D eigenvalue weighted by Crippen LogP contribution is 2.27. The number of nitrogens with zero attached hydrogens (tertiary/aromatic N) is 2. The van der Waals surface area contributed by atoms with Crippen LogP contribution >= 0.6 is 12.4 Å². The highest BCUT2D eigenvalue weighted by Gasteiger charge is 2.39. The summed E-state index contributed by atoms with van der Waals surface area (Å²) in [7, 11) is 1.72. The maximum absolute atomic E-state index is 14.6.